The number of thiophene rings is 1. The van der Waals surface area contributed by atoms with Crippen LogP contribution in [-0.4, -0.2) is 48.5 Å². The molecule has 32 heavy (non-hydrogen) atoms. The zero-order valence-electron chi connectivity index (χ0n) is 17.9. The van der Waals surface area contributed by atoms with E-state index in [1.54, 1.807) is 4.90 Å². The first-order chi connectivity index (χ1) is 15.7. The molecule has 1 aromatic carbocycles. The van der Waals surface area contributed by atoms with Gasteiger partial charge in [0.05, 0.1) is 17.2 Å². The largest absolute Gasteiger partial charge is 0.418 e. The summed E-state index contributed by atoms with van der Waals surface area (Å²) in [4.78, 5) is 20.0. The van der Waals surface area contributed by atoms with Crippen molar-refractivity contribution in [2.45, 2.75) is 38.4 Å². The van der Waals surface area contributed by atoms with E-state index < -0.39 is 0 Å². The van der Waals surface area contributed by atoms with Crippen LogP contribution in [0.2, 0.25) is 0 Å². The molecule has 10 heteroatoms. The van der Waals surface area contributed by atoms with Crippen LogP contribution in [0.3, 0.4) is 0 Å². The lowest BCUT2D eigenvalue weighted by Gasteiger charge is -2.19. The van der Waals surface area contributed by atoms with Gasteiger partial charge < -0.3 is 9.32 Å². The molecule has 0 aliphatic carbocycles. The Balaban J connectivity index is 1.35. The van der Waals surface area contributed by atoms with Gasteiger partial charge >= 0.3 is 0 Å². The van der Waals surface area contributed by atoms with Crippen LogP contribution in [0.4, 0.5) is 0 Å². The molecule has 0 spiro atoms. The number of thioether (sulfide) groups is 1. The molecule has 3 aromatic heterocycles. The molecule has 0 saturated carbocycles. The van der Waals surface area contributed by atoms with Crippen molar-refractivity contribution >= 4 is 29.0 Å². The average Bonchev–Trinajstić information content (AvgIpc) is 3.59. The maximum Gasteiger partial charge on any atom is 0.257 e. The number of H-pyrrole nitrogens is 1. The van der Waals surface area contributed by atoms with Gasteiger partial charge in [-0.15, -0.1) is 26.6 Å². The summed E-state index contributed by atoms with van der Waals surface area (Å²) in [7, 11) is 0. The van der Waals surface area contributed by atoms with Gasteiger partial charge in [-0.3, -0.25) is 9.89 Å². The average molecular weight is 469 g/mol. The number of hydrogen-bond acceptors (Lipinski definition) is 8. The molecule has 0 aliphatic heterocycles. The van der Waals surface area contributed by atoms with Gasteiger partial charge in [0.1, 0.15) is 0 Å². The van der Waals surface area contributed by atoms with E-state index in [1.807, 2.05) is 36.6 Å². The molecular weight excluding hydrogens is 444 g/mol. The first-order valence-electron chi connectivity index (χ1n) is 10.4. The van der Waals surface area contributed by atoms with Crippen LogP contribution in [0, 0.1) is 0 Å². The van der Waals surface area contributed by atoms with E-state index in [0.717, 1.165) is 23.3 Å². The molecule has 4 aromatic rings. The molecule has 0 bridgehead atoms. The predicted molar refractivity (Wildman–Crippen MR) is 125 cm³/mol. The van der Waals surface area contributed by atoms with Gasteiger partial charge in [0.25, 0.3) is 5.89 Å². The highest BCUT2D eigenvalue weighted by atomic mass is 32.2. The Kier molecular flexibility index (Phi) is 7.33. The smallest absolute Gasteiger partial charge is 0.257 e. The van der Waals surface area contributed by atoms with E-state index in [0.29, 0.717) is 29.3 Å². The van der Waals surface area contributed by atoms with Gasteiger partial charge in [0.15, 0.2) is 5.82 Å². The van der Waals surface area contributed by atoms with E-state index in [9.17, 15) is 4.79 Å². The van der Waals surface area contributed by atoms with Crippen molar-refractivity contribution in [1.29, 1.82) is 0 Å². The lowest BCUT2D eigenvalue weighted by Crippen LogP contribution is -2.32. The Morgan fingerprint density at radius 1 is 1.19 bits per heavy atom. The van der Waals surface area contributed by atoms with Crippen molar-refractivity contribution in [2.75, 3.05) is 12.3 Å². The molecule has 0 fully saturated rings. The van der Waals surface area contributed by atoms with Gasteiger partial charge in [-0.2, -0.15) is 0 Å². The number of aryl methyl sites for hydroxylation is 1. The normalized spacial score (nSPS) is 11.1. The zero-order valence-corrected chi connectivity index (χ0v) is 19.6. The van der Waals surface area contributed by atoms with Gasteiger partial charge in [0, 0.05) is 12.1 Å². The summed E-state index contributed by atoms with van der Waals surface area (Å²) in [5.41, 5.74) is 2.24. The number of carbonyl (C=O) groups is 1. The fourth-order valence-corrected chi connectivity index (χ4v) is 4.44. The molecule has 0 radical (unpaired) electrons. The molecule has 0 atom stereocenters. The summed E-state index contributed by atoms with van der Waals surface area (Å²) in [6, 6.07) is 12.1. The topological polar surface area (TPSA) is 101 Å². The lowest BCUT2D eigenvalue weighted by atomic mass is 10.1. The molecule has 4 rings (SSSR count). The maximum absolute atomic E-state index is 12.8. The van der Waals surface area contributed by atoms with Crippen LogP contribution in [0.1, 0.15) is 31.7 Å². The maximum atomic E-state index is 12.8. The zero-order chi connectivity index (χ0) is 22.3. The Morgan fingerprint density at radius 3 is 2.75 bits per heavy atom. The summed E-state index contributed by atoms with van der Waals surface area (Å²) < 4.78 is 5.74. The fraction of sp³-hybridized carbons (Fsp3) is 0.318. The van der Waals surface area contributed by atoms with E-state index in [1.165, 1.54) is 28.7 Å². The third kappa shape index (κ3) is 5.43. The lowest BCUT2D eigenvalue weighted by molar-refractivity contribution is -0.129. The van der Waals surface area contributed by atoms with Crippen molar-refractivity contribution in [3.05, 3.63) is 53.2 Å². The minimum Gasteiger partial charge on any atom is -0.418 e. The van der Waals surface area contributed by atoms with Gasteiger partial charge in [-0.05, 0) is 29.9 Å². The first-order valence-corrected chi connectivity index (χ1v) is 12.3. The van der Waals surface area contributed by atoms with Crippen molar-refractivity contribution < 1.29 is 9.21 Å². The number of carbonyl (C=O) groups excluding carboxylic acids is 1. The van der Waals surface area contributed by atoms with E-state index >= 15 is 0 Å². The molecule has 0 unspecified atom stereocenters. The summed E-state index contributed by atoms with van der Waals surface area (Å²) in [5, 5.41) is 17.9. The van der Waals surface area contributed by atoms with Crippen molar-refractivity contribution in [2.24, 2.45) is 0 Å². The molecule has 0 aliphatic rings. The van der Waals surface area contributed by atoms with Crippen molar-refractivity contribution in [1.82, 2.24) is 30.3 Å². The van der Waals surface area contributed by atoms with Crippen LogP contribution in [0.25, 0.3) is 22.2 Å². The van der Waals surface area contributed by atoms with Crippen molar-refractivity contribution in [3.63, 3.8) is 0 Å². The van der Waals surface area contributed by atoms with Crippen LogP contribution in [0.5, 0.6) is 0 Å². The Morgan fingerprint density at radius 2 is 2.03 bits per heavy atom. The third-order valence-electron chi connectivity index (χ3n) is 4.80. The number of hydrogen-bond donors (Lipinski definition) is 1. The van der Waals surface area contributed by atoms with Crippen molar-refractivity contribution in [3.8, 4) is 22.2 Å². The summed E-state index contributed by atoms with van der Waals surface area (Å²) in [6.07, 6.45) is 1.83. The molecule has 3 heterocycles. The highest BCUT2D eigenvalue weighted by molar-refractivity contribution is 7.99. The number of aromatic amines is 1. The van der Waals surface area contributed by atoms with Crippen LogP contribution in [0.15, 0.2) is 51.4 Å². The molecule has 1 amide bonds. The third-order valence-corrected chi connectivity index (χ3v) is 6.49. The second-order valence-corrected chi connectivity index (χ2v) is 8.99. The van der Waals surface area contributed by atoms with E-state index in [-0.39, 0.29) is 18.2 Å². The molecule has 1 N–H and O–H groups in total. The number of nitrogens with zero attached hydrogens (tertiary/aromatic N) is 5. The Hall–Kier alpha value is -2.98. The monoisotopic (exact) mass is 468 g/mol. The highest BCUT2D eigenvalue weighted by Gasteiger charge is 2.19. The highest BCUT2D eigenvalue weighted by Crippen LogP contribution is 2.24. The number of nitrogens with one attached hydrogen (secondary N) is 1. The van der Waals surface area contributed by atoms with Gasteiger partial charge in [0.2, 0.25) is 17.0 Å². The van der Waals surface area contributed by atoms with Gasteiger partial charge in [-0.1, -0.05) is 55.9 Å². The number of aromatic nitrogens is 5. The molecule has 166 valence electrons. The second kappa shape index (κ2) is 10.6. The summed E-state index contributed by atoms with van der Waals surface area (Å²) >= 11 is 2.85. The number of benzene rings is 1. The Labute approximate surface area is 194 Å². The minimum absolute atomic E-state index is 0.0219. The van der Waals surface area contributed by atoms with Crippen LogP contribution < -0.4 is 0 Å². The SMILES string of the molecule is CCCN(Cc1nnc(-c2cccs2)o1)C(=O)CSc1n[nH]c(-c2ccc(CC)cc2)n1. The standard InChI is InChI=1S/C22H24N6O2S2/c1-3-11-28(13-18-24-26-21(30-18)17-6-5-12-31-17)19(29)14-32-22-23-20(25-27-22)16-9-7-15(4-2)8-10-16/h5-10,12H,3-4,11,13-14H2,1-2H3,(H,23,25,27). The number of amides is 1. The number of rotatable bonds is 10. The quantitative estimate of drug-likeness (QED) is 0.337. The predicted octanol–water partition coefficient (Wildman–Crippen LogP) is 4.68. The first kappa shape index (κ1) is 22.2. The fourth-order valence-electron chi connectivity index (χ4n) is 3.10. The summed E-state index contributed by atoms with van der Waals surface area (Å²) in [6.45, 7) is 5.05. The van der Waals surface area contributed by atoms with E-state index in [4.69, 9.17) is 4.42 Å². The van der Waals surface area contributed by atoms with Gasteiger partial charge in [-0.25, -0.2) is 4.98 Å². The minimum atomic E-state index is -0.0219. The molecule has 8 nitrogen and oxygen atoms in total. The Bertz CT molecular complexity index is 1140. The van der Waals surface area contributed by atoms with Crippen LogP contribution in [-0.2, 0) is 17.8 Å². The van der Waals surface area contributed by atoms with Crippen LogP contribution >= 0.6 is 23.1 Å². The molecular formula is C22H24N6O2S2. The summed E-state index contributed by atoms with van der Waals surface area (Å²) in [5.74, 6) is 1.81. The molecule has 0 saturated heterocycles. The van der Waals surface area contributed by atoms with E-state index in [2.05, 4.69) is 44.4 Å². The second-order valence-electron chi connectivity index (χ2n) is 7.10.